The average Bonchev–Trinajstić information content (AvgIpc) is 2.72. The Bertz CT molecular complexity index is 1120. The van der Waals surface area contributed by atoms with Gasteiger partial charge in [0.25, 0.3) is 0 Å². The number of terminal acetylenes is 1. The summed E-state index contributed by atoms with van der Waals surface area (Å²) in [5.74, 6) is 31.9. The molecule has 0 bridgehead atoms. The van der Waals surface area contributed by atoms with Crippen LogP contribution < -0.4 is 0 Å². The van der Waals surface area contributed by atoms with Crippen molar-refractivity contribution in [2.45, 2.75) is 67.2 Å². The van der Waals surface area contributed by atoms with Crippen molar-refractivity contribution >= 4 is 0 Å². The second-order valence-electron chi connectivity index (χ2n) is 7.39. The normalized spacial score (nSPS) is 13.1. The largest absolute Gasteiger partial charge is 0.106 e. The van der Waals surface area contributed by atoms with Crippen molar-refractivity contribution in [3.05, 3.63) is 34.9 Å². The molecule has 0 aliphatic heterocycles. The van der Waals surface area contributed by atoms with E-state index < -0.39 is 0 Å². The van der Waals surface area contributed by atoms with E-state index in [4.69, 9.17) is 6.42 Å². The van der Waals surface area contributed by atoms with Crippen molar-refractivity contribution in [2.24, 2.45) is 5.41 Å². The molecule has 1 aliphatic carbocycles. The van der Waals surface area contributed by atoms with Crippen LogP contribution in [0.4, 0.5) is 0 Å². The van der Waals surface area contributed by atoms with Gasteiger partial charge in [0, 0.05) is 0 Å². The first-order valence-electron chi connectivity index (χ1n) is 10.3. The molecule has 0 amide bonds. The van der Waals surface area contributed by atoms with E-state index in [1.54, 1.807) is 18.1 Å². The van der Waals surface area contributed by atoms with E-state index in [1.807, 2.05) is 0 Å². The summed E-state index contributed by atoms with van der Waals surface area (Å²) in [6.07, 6.45) is 16.8. The van der Waals surface area contributed by atoms with E-state index in [0.29, 0.717) is 5.41 Å². The monoisotopic (exact) mass is 402 g/mol. The number of allylic oxidation sites excluding steroid dienone is 6. The molecule has 0 saturated carbocycles. The lowest BCUT2D eigenvalue weighted by atomic mass is 9.72. The molecular weight excluding hydrogens is 372 g/mol. The molecular formula is C31H30. The molecule has 0 heteroatoms. The molecule has 0 atom stereocenters. The van der Waals surface area contributed by atoms with Gasteiger partial charge >= 0.3 is 0 Å². The molecule has 0 aromatic heterocycles. The highest BCUT2D eigenvalue weighted by atomic mass is 14.3. The van der Waals surface area contributed by atoms with Gasteiger partial charge in [-0.1, -0.05) is 56.1 Å². The van der Waals surface area contributed by atoms with Gasteiger partial charge in [0.1, 0.15) is 0 Å². The third kappa shape index (κ3) is 13.9. The van der Waals surface area contributed by atoms with Crippen LogP contribution in [-0.2, 0) is 0 Å². The first kappa shape index (κ1) is 27.1. The Morgan fingerprint density at radius 1 is 0.935 bits per heavy atom. The Labute approximate surface area is 191 Å². The number of hydrogen-bond donors (Lipinski definition) is 0. The Kier molecular flexibility index (Phi) is 14.9. The molecule has 31 heavy (non-hydrogen) atoms. The van der Waals surface area contributed by atoms with Gasteiger partial charge in [-0.2, -0.15) is 0 Å². The summed E-state index contributed by atoms with van der Waals surface area (Å²) in [6.45, 7) is 13.1. The van der Waals surface area contributed by atoms with Gasteiger partial charge in [0.05, 0.1) is 0 Å². The summed E-state index contributed by atoms with van der Waals surface area (Å²) in [7, 11) is 0. The summed E-state index contributed by atoms with van der Waals surface area (Å²) < 4.78 is 0. The smallest absolute Gasteiger partial charge is 0.0000000000144 e. The van der Waals surface area contributed by atoms with Crippen LogP contribution in [0.3, 0.4) is 0 Å². The van der Waals surface area contributed by atoms with Crippen molar-refractivity contribution in [3.8, 4) is 83.4 Å². The molecule has 0 radical (unpaired) electrons. The average molecular weight is 403 g/mol. The molecule has 0 saturated heterocycles. The molecule has 1 rings (SSSR count). The highest BCUT2D eigenvalue weighted by molar-refractivity contribution is 5.44. The zero-order chi connectivity index (χ0) is 23.4. The van der Waals surface area contributed by atoms with Gasteiger partial charge in [-0.05, 0) is 128 Å². The molecule has 0 N–H and O–H groups in total. The molecule has 0 aromatic carbocycles. The lowest BCUT2D eigenvalue weighted by molar-refractivity contribution is 0.377. The standard InChI is InChI=1S/C16H26.C15H4/c1-6-8-13(2)10-11-15-14(3)9-7-12-16(15,4)5;1-3-5-7-9-11-13-15-14-12-10-8-6-4-2/h8,10-11H,6-7,9,12H2,1-5H3;1H,2H3/b11-10+,13-8+;. The predicted octanol–water partition coefficient (Wildman–Crippen LogP) is 6.09. The van der Waals surface area contributed by atoms with Crippen molar-refractivity contribution in [3.63, 3.8) is 0 Å². The summed E-state index contributed by atoms with van der Waals surface area (Å²) in [4.78, 5) is 0. The summed E-state index contributed by atoms with van der Waals surface area (Å²) in [5.41, 5.74) is 4.88. The van der Waals surface area contributed by atoms with Crippen molar-refractivity contribution in [1.82, 2.24) is 0 Å². The predicted molar refractivity (Wildman–Crippen MR) is 135 cm³/mol. The number of hydrogen-bond acceptors (Lipinski definition) is 0. The van der Waals surface area contributed by atoms with E-state index in [9.17, 15) is 0 Å². The Balaban J connectivity index is 0.000000582. The molecule has 0 aromatic rings. The molecule has 0 heterocycles. The minimum absolute atomic E-state index is 0.366. The van der Waals surface area contributed by atoms with Crippen LogP contribution in [0, 0.1) is 88.8 Å². The Hall–Kier alpha value is -3.86. The van der Waals surface area contributed by atoms with E-state index in [2.05, 4.69) is 130 Å². The Morgan fingerprint density at radius 3 is 1.90 bits per heavy atom. The van der Waals surface area contributed by atoms with Crippen molar-refractivity contribution in [1.29, 1.82) is 0 Å². The molecule has 0 spiro atoms. The van der Waals surface area contributed by atoms with Gasteiger partial charge in [0.2, 0.25) is 0 Å². The zero-order valence-electron chi connectivity index (χ0n) is 19.6. The molecule has 0 fully saturated rings. The molecule has 154 valence electrons. The van der Waals surface area contributed by atoms with E-state index in [-0.39, 0.29) is 0 Å². The van der Waals surface area contributed by atoms with Crippen LogP contribution in [-0.4, -0.2) is 0 Å². The van der Waals surface area contributed by atoms with Crippen LogP contribution in [0.1, 0.15) is 67.2 Å². The van der Waals surface area contributed by atoms with Crippen molar-refractivity contribution in [2.75, 3.05) is 0 Å². The molecule has 0 nitrogen and oxygen atoms in total. The highest BCUT2D eigenvalue weighted by Crippen LogP contribution is 2.40. The summed E-state index contributed by atoms with van der Waals surface area (Å²) in [6, 6.07) is 0. The van der Waals surface area contributed by atoms with Crippen LogP contribution in [0.2, 0.25) is 0 Å². The third-order valence-corrected chi connectivity index (χ3v) is 4.40. The number of rotatable bonds is 3. The van der Waals surface area contributed by atoms with E-state index >= 15 is 0 Å². The summed E-state index contributed by atoms with van der Waals surface area (Å²) >= 11 is 0. The fourth-order valence-corrected chi connectivity index (χ4v) is 2.99. The van der Waals surface area contributed by atoms with Gasteiger partial charge in [-0.25, -0.2) is 0 Å². The molecule has 1 aliphatic rings. The van der Waals surface area contributed by atoms with Crippen LogP contribution in [0.15, 0.2) is 34.9 Å². The summed E-state index contributed by atoms with van der Waals surface area (Å²) in [5, 5.41) is 0. The van der Waals surface area contributed by atoms with Crippen LogP contribution >= 0.6 is 0 Å². The van der Waals surface area contributed by atoms with Crippen molar-refractivity contribution < 1.29 is 0 Å². The lowest BCUT2D eigenvalue weighted by Crippen LogP contribution is -2.19. The zero-order valence-corrected chi connectivity index (χ0v) is 19.6. The van der Waals surface area contributed by atoms with Gasteiger partial charge < -0.3 is 0 Å². The second kappa shape index (κ2) is 17.0. The molecule has 0 unspecified atom stereocenters. The maximum atomic E-state index is 4.87. The fourth-order valence-electron chi connectivity index (χ4n) is 2.99. The first-order chi connectivity index (χ1) is 14.9. The van der Waals surface area contributed by atoms with Gasteiger partial charge in [-0.3, -0.25) is 0 Å². The fraction of sp³-hybridized carbons (Fsp3) is 0.355. The van der Waals surface area contributed by atoms with Gasteiger partial charge in [0.15, 0.2) is 0 Å². The Morgan fingerprint density at radius 2 is 1.45 bits per heavy atom. The highest BCUT2D eigenvalue weighted by Gasteiger charge is 2.26. The van der Waals surface area contributed by atoms with Gasteiger partial charge in [-0.15, -0.1) is 6.42 Å². The quantitative estimate of drug-likeness (QED) is 0.396. The maximum absolute atomic E-state index is 4.87. The SMILES string of the molecule is C#CC#CC#CC#CC#CC#CC#CC.CC/C=C(C)/C=C/C1=C(C)CCCC1(C)C. The maximum Gasteiger partial charge on any atom is -0.0000000000144 e. The van der Waals surface area contributed by atoms with Crippen LogP contribution in [0.25, 0.3) is 0 Å². The first-order valence-corrected chi connectivity index (χ1v) is 10.3. The second-order valence-corrected chi connectivity index (χ2v) is 7.39. The van der Waals surface area contributed by atoms with Crippen LogP contribution in [0.5, 0.6) is 0 Å². The van der Waals surface area contributed by atoms with E-state index in [1.165, 1.54) is 24.8 Å². The topological polar surface area (TPSA) is 0 Å². The minimum Gasteiger partial charge on any atom is -0.106 e. The minimum atomic E-state index is 0.366. The van der Waals surface area contributed by atoms with E-state index in [0.717, 1.165) is 6.42 Å². The lowest BCUT2D eigenvalue weighted by Gasteiger charge is -2.32. The third-order valence-electron chi connectivity index (χ3n) is 4.40.